The van der Waals surface area contributed by atoms with Crippen molar-refractivity contribution in [3.8, 4) is 23.3 Å². The molecule has 1 aliphatic rings. The van der Waals surface area contributed by atoms with E-state index in [9.17, 15) is 9.59 Å². The number of nitrogens with two attached hydrogens (primary N) is 1. The van der Waals surface area contributed by atoms with E-state index in [0.717, 1.165) is 0 Å². The van der Waals surface area contributed by atoms with Gasteiger partial charge in [0.2, 0.25) is 0 Å². The number of aromatic nitrogens is 2. The molecule has 2 heterocycles. The van der Waals surface area contributed by atoms with Gasteiger partial charge in [-0.05, 0) is 45.2 Å². The lowest BCUT2D eigenvalue weighted by molar-refractivity contribution is 0.0288. The molecular formula is C23H28N4O5. The van der Waals surface area contributed by atoms with Gasteiger partial charge < -0.3 is 24.8 Å². The highest BCUT2D eigenvalue weighted by atomic mass is 16.6. The molecule has 0 spiro atoms. The number of benzene rings is 1. The maximum absolute atomic E-state index is 12.3. The quantitative estimate of drug-likeness (QED) is 0.732. The Morgan fingerprint density at radius 1 is 1.12 bits per heavy atom. The van der Waals surface area contributed by atoms with Crippen molar-refractivity contribution in [2.45, 2.75) is 38.8 Å². The van der Waals surface area contributed by atoms with E-state index < -0.39 is 11.5 Å². The summed E-state index contributed by atoms with van der Waals surface area (Å²) in [5.74, 6) is 6.49. The van der Waals surface area contributed by atoms with E-state index in [2.05, 4.69) is 16.9 Å². The number of carbonyl (C=O) groups is 2. The Kier molecular flexibility index (Phi) is 6.63. The Hall–Kier alpha value is -3.67. The van der Waals surface area contributed by atoms with E-state index >= 15 is 0 Å². The molecule has 1 aliphatic heterocycles. The minimum atomic E-state index is -0.620. The fourth-order valence-corrected chi connectivity index (χ4v) is 3.31. The van der Waals surface area contributed by atoms with Crippen LogP contribution in [0, 0.1) is 11.8 Å². The van der Waals surface area contributed by atoms with Crippen LogP contribution in [0.3, 0.4) is 0 Å². The summed E-state index contributed by atoms with van der Waals surface area (Å²) in [6.45, 7) is 6.44. The number of primary amides is 1. The molecule has 1 saturated heterocycles. The summed E-state index contributed by atoms with van der Waals surface area (Å²) in [6, 6.07) is 5.15. The predicted octanol–water partition coefficient (Wildman–Crippen LogP) is 2.58. The fraction of sp³-hybridized carbons (Fsp3) is 0.435. The maximum atomic E-state index is 12.3. The number of hydrogen-bond donors (Lipinski definition) is 1. The van der Waals surface area contributed by atoms with Crippen molar-refractivity contribution in [3.63, 3.8) is 0 Å². The van der Waals surface area contributed by atoms with Gasteiger partial charge >= 0.3 is 6.09 Å². The third kappa shape index (κ3) is 5.52. The molecule has 3 rings (SSSR count). The third-order valence-electron chi connectivity index (χ3n) is 4.86. The van der Waals surface area contributed by atoms with Gasteiger partial charge in [-0.25, -0.2) is 4.79 Å². The molecule has 0 unspecified atom stereocenters. The van der Waals surface area contributed by atoms with Crippen molar-refractivity contribution in [2.75, 3.05) is 27.3 Å². The van der Waals surface area contributed by atoms with E-state index in [1.165, 1.54) is 0 Å². The highest BCUT2D eigenvalue weighted by Gasteiger charge is 2.31. The summed E-state index contributed by atoms with van der Waals surface area (Å²) in [5, 5.41) is 4.48. The molecule has 1 fully saturated rings. The number of methoxy groups -OCH3 is 2. The molecule has 2 N–H and O–H groups in total. The van der Waals surface area contributed by atoms with Crippen molar-refractivity contribution in [1.29, 1.82) is 0 Å². The van der Waals surface area contributed by atoms with Gasteiger partial charge in [-0.3, -0.25) is 9.48 Å². The van der Waals surface area contributed by atoms with E-state index in [4.69, 9.17) is 19.9 Å². The Bertz CT molecular complexity index is 1050. The first-order valence-corrected chi connectivity index (χ1v) is 10.2. The average molecular weight is 441 g/mol. The number of carbonyl (C=O) groups excluding carboxylic acids is 2. The zero-order chi connectivity index (χ0) is 23.5. The zero-order valence-corrected chi connectivity index (χ0v) is 19.0. The first-order chi connectivity index (χ1) is 15.1. The van der Waals surface area contributed by atoms with Crippen LogP contribution < -0.4 is 15.2 Å². The molecule has 1 aromatic carbocycles. The van der Waals surface area contributed by atoms with Gasteiger partial charge in [0.1, 0.15) is 22.8 Å². The van der Waals surface area contributed by atoms with Gasteiger partial charge in [0, 0.05) is 30.9 Å². The second kappa shape index (κ2) is 9.22. The molecule has 170 valence electrons. The second-order valence-corrected chi connectivity index (χ2v) is 8.46. The average Bonchev–Trinajstić information content (AvgIpc) is 3.38. The Morgan fingerprint density at radius 3 is 2.34 bits per heavy atom. The molecule has 2 amide bonds. The normalized spacial score (nSPS) is 15.7. The van der Waals surface area contributed by atoms with E-state index in [1.54, 1.807) is 48.2 Å². The number of ether oxygens (including phenoxy) is 3. The first kappa shape index (κ1) is 23.0. The van der Waals surface area contributed by atoms with Crippen LogP contribution >= 0.6 is 0 Å². The lowest BCUT2D eigenvalue weighted by Crippen LogP contribution is -2.35. The molecule has 0 saturated carbocycles. The van der Waals surface area contributed by atoms with Crippen molar-refractivity contribution in [1.82, 2.24) is 14.7 Å². The van der Waals surface area contributed by atoms with E-state index in [1.807, 2.05) is 20.8 Å². The van der Waals surface area contributed by atoms with Crippen LogP contribution in [0.1, 0.15) is 54.8 Å². The first-order valence-electron chi connectivity index (χ1n) is 10.2. The van der Waals surface area contributed by atoms with Crippen LogP contribution in [0.5, 0.6) is 11.5 Å². The number of rotatable bonds is 4. The van der Waals surface area contributed by atoms with Gasteiger partial charge in [-0.1, -0.05) is 5.92 Å². The number of hydrogen-bond acceptors (Lipinski definition) is 6. The van der Waals surface area contributed by atoms with Crippen molar-refractivity contribution < 1.29 is 23.8 Å². The molecule has 0 aliphatic carbocycles. The minimum absolute atomic E-state index is 0.104. The smallest absolute Gasteiger partial charge is 0.410 e. The van der Waals surface area contributed by atoms with Gasteiger partial charge in [0.25, 0.3) is 5.91 Å². The Labute approximate surface area is 187 Å². The molecule has 0 bridgehead atoms. The molecule has 9 nitrogen and oxygen atoms in total. The standard InChI is InChI=1S/C23H28N4O5/c1-23(2,3)32-22(29)26-9-8-16(13-26)27-14-19(21(24)28)20(25-27)7-6-15-10-17(30-4)12-18(11-15)31-5/h10-12,14,16H,8-9,13H2,1-5H3,(H2,24,28)/t16-/m0/s1. The van der Waals surface area contributed by atoms with Crippen LogP contribution in [-0.4, -0.2) is 59.6 Å². The van der Waals surface area contributed by atoms with E-state index in [-0.39, 0.29) is 23.4 Å². The van der Waals surface area contributed by atoms with Gasteiger partial charge in [0.05, 0.1) is 25.8 Å². The Balaban J connectivity index is 1.83. The SMILES string of the molecule is COc1cc(C#Cc2nn([C@H]3CCN(C(=O)OC(C)(C)C)C3)cc2C(N)=O)cc(OC)c1. The molecule has 9 heteroatoms. The summed E-state index contributed by atoms with van der Waals surface area (Å²) in [5.41, 5.74) is 6.12. The lowest BCUT2D eigenvalue weighted by Gasteiger charge is -2.24. The van der Waals surface area contributed by atoms with E-state index in [0.29, 0.717) is 36.6 Å². The summed E-state index contributed by atoms with van der Waals surface area (Å²) in [6.07, 6.45) is 1.90. The highest BCUT2D eigenvalue weighted by molar-refractivity contribution is 5.94. The summed E-state index contributed by atoms with van der Waals surface area (Å²) >= 11 is 0. The monoisotopic (exact) mass is 440 g/mol. The van der Waals surface area contributed by atoms with Crippen molar-refractivity contribution in [2.24, 2.45) is 5.73 Å². The van der Waals surface area contributed by atoms with Crippen molar-refractivity contribution >= 4 is 12.0 Å². The molecule has 0 radical (unpaired) electrons. The molecule has 1 aromatic heterocycles. The predicted molar refractivity (Wildman–Crippen MR) is 118 cm³/mol. The third-order valence-corrected chi connectivity index (χ3v) is 4.86. The topological polar surface area (TPSA) is 109 Å². The Morgan fingerprint density at radius 2 is 1.78 bits per heavy atom. The lowest BCUT2D eigenvalue weighted by atomic mass is 10.2. The maximum Gasteiger partial charge on any atom is 0.410 e. The van der Waals surface area contributed by atoms with Gasteiger partial charge in [-0.2, -0.15) is 5.10 Å². The summed E-state index contributed by atoms with van der Waals surface area (Å²) in [7, 11) is 3.11. The van der Waals surface area contributed by atoms with Crippen LogP contribution in [0.4, 0.5) is 4.79 Å². The number of nitrogens with zero attached hydrogens (tertiary/aromatic N) is 3. The molecular weight excluding hydrogens is 412 g/mol. The second-order valence-electron chi connectivity index (χ2n) is 8.46. The van der Waals surface area contributed by atoms with Crippen molar-refractivity contribution in [3.05, 3.63) is 41.2 Å². The summed E-state index contributed by atoms with van der Waals surface area (Å²) < 4.78 is 17.6. The zero-order valence-electron chi connectivity index (χ0n) is 19.0. The number of amides is 2. The van der Waals surface area contributed by atoms with Crippen LogP contribution in [0.15, 0.2) is 24.4 Å². The minimum Gasteiger partial charge on any atom is -0.497 e. The van der Waals surface area contributed by atoms with Crippen LogP contribution in [-0.2, 0) is 4.74 Å². The fourth-order valence-electron chi connectivity index (χ4n) is 3.31. The number of likely N-dealkylation sites (tertiary alicyclic amines) is 1. The largest absolute Gasteiger partial charge is 0.497 e. The molecule has 32 heavy (non-hydrogen) atoms. The van der Waals surface area contributed by atoms with Gasteiger partial charge in [0.15, 0.2) is 0 Å². The van der Waals surface area contributed by atoms with Crippen LogP contribution in [0.25, 0.3) is 0 Å². The molecule has 2 aromatic rings. The van der Waals surface area contributed by atoms with Crippen LogP contribution in [0.2, 0.25) is 0 Å². The molecule has 1 atom stereocenters. The van der Waals surface area contributed by atoms with Gasteiger partial charge in [-0.15, -0.1) is 0 Å². The highest BCUT2D eigenvalue weighted by Crippen LogP contribution is 2.25. The summed E-state index contributed by atoms with van der Waals surface area (Å²) in [4.78, 5) is 25.9.